The van der Waals surface area contributed by atoms with Gasteiger partial charge in [-0.3, -0.25) is 0 Å². The Morgan fingerprint density at radius 2 is 1.81 bits per heavy atom. The number of carbonyl (C=O) groups excluding carboxylic acids is 1. The Kier molecular flexibility index (Phi) is 4.42. The minimum Gasteiger partial charge on any atom is -0.462 e. The van der Waals surface area contributed by atoms with E-state index in [2.05, 4.69) is 15.3 Å². The lowest BCUT2D eigenvalue weighted by Gasteiger charge is -2.14. The molecule has 7 nitrogen and oxygen atoms in total. The summed E-state index contributed by atoms with van der Waals surface area (Å²) >= 11 is 0. The molecule has 0 unspecified atom stereocenters. The highest BCUT2D eigenvalue weighted by molar-refractivity contribution is 5.98. The summed E-state index contributed by atoms with van der Waals surface area (Å²) in [7, 11) is 0. The lowest BCUT2D eigenvalue weighted by molar-refractivity contribution is 0.0503. The Bertz CT molecular complexity index is 1140. The summed E-state index contributed by atoms with van der Waals surface area (Å²) < 4.78 is 5.24. The number of nitrogens with zero attached hydrogens (tertiary/aromatic N) is 4. The Morgan fingerprint density at radius 3 is 2.63 bits per heavy atom. The zero-order chi connectivity index (χ0) is 18.8. The zero-order valence-electron chi connectivity index (χ0n) is 15.0. The van der Waals surface area contributed by atoms with Gasteiger partial charge in [-0.05, 0) is 42.8 Å². The maximum absolute atomic E-state index is 12.6. The molecule has 2 aromatic heterocycles. The van der Waals surface area contributed by atoms with Gasteiger partial charge in [-0.1, -0.05) is 35.2 Å². The highest BCUT2D eigenvalue weighted by Gasteiger charge is 2.20. The first kappa shape index (κ1) is 17.0. The van der Waals surface area contributed by atoms with Crippen LogP contribution in [0.25, 0.3) is 21.9 Å². The molecule has 0 atom stereocenters. The topological polar surface area (TPSA) is 79.1 Å². The van der Waals surface area contributed by atoms with E-state index in [0.29, 0.717) is 17.9 Å². The number of aryl methyl sites for hydroxylation is 1. The summed E-state index contributed by atoms with van der Waals surface area (Å²) in [6.07, 6.45) is 0. The second kappa shape index (κ2) is 7.03. The van der Waals surface area contributed by atoms with Gasteiger partial charge in [-0.2, -0.15) is 0 Å². The van der Waals surface area contributed by atoms with E-state index in [4.69, 9.17) is 9.57 Å². The van der Waals surface area contributed by atoms with Crippen molar-refractivity contribution in [2.75, 3.05) is 6.61 Å². The van der Waals surface area contributed by atoms with Crippen LogP contribution in [0, 0.1) is 6.92 Å². The van der Waals surface area contributed by atoms with Crippen LogP contribution in [0.1, 0.15) is 28.5 Å². The maximum atomic E-state index is 12.6. The van der Waals surface area contributed by atoms with Crippen LogP contribution in [0.5, 0.6) is 0 Å². The van der Waals surface area contributed by atoms with Crippen molar-refractivity contribution in [3.8, 4) is 0 Å². The Labute approximate surface area is 155 Å². The molecule has 2 aromatic carbocycles. The largest absolute Gasteiger partial charge is 0.462 e. The third-order valence-electron chi connectivity index (χ3n) is 4.35. The fourth-order valence-corrected chi connectivity index (χ4v) is 3.08. The maximum Gasteiger partial charge on any atom is 0.340 e. The van der Waals surface area contributed by atoms with Crippen LogP contribution < -0.4 is 4.84 Å². The molecule has 0 saturated heterocycles. The van der Waals surface area contributed by atoms with Crippen molar-refractivity contribution in [3.05, 3.63) is 65.4 Å². The van der Waals surface area contributed by atoms with E-state index in [1.165, 1.54) is 4.85 Å². The number of fused-ring (bicyclic) bond motifs is 2. The lowest BCUT2D eigenvalue weighted by Crippen LogP contribution is -2.18. The Morgan fingerprint density at radius 1 is 1.07 bits per heavy atom. The van der Waals surface area contributed by atoms with E-state index < -0.39 is 5.97 Å². The van der Waals surface area contributed by atoms with Gasteiger partial charge in [0.2, 0.25) is 0 Å². The van der Waals surface area contributed by atoms with Gasteiger partial charge < -0.3 is 9.57 Å². The minimum atomic E-state index is -0.407. The fourth-order valence-electron chi connectivity index (χ4n) is 3.08. The summed E-state index contributed by atoms with van der Waals surface area (Å²) in [6, 6.07) is 15.2. The molecule has 136 valence electrons. The van der Waals surface area contributed by atoms with Crippen LogP contribution in [-0.2, 0) is 11.3 Å². The van der Waals surface area contributed by atoms with Crippen molar-refractivity contribution >= 4 is 27.9 Å². The fraction of sp³-hybridized carbons (Fsp3) is 0.200. The molecule has 0 spiro atoms. The van der Waals surface area contributed by atoms with Gasteiger partial charge in [0.25, 0.3) is 0 Å². The van der Waals surface area contributed by atoms with Crippen molar-refractivity contribution in [2.45, 2.75) is 20.5 Å². The number of benzene rings is 2. The van der Waals surface area contributed by atoms with Gasteiger partial charge >= 0.3 is 5.97 Å². The number of esters is 1. The van der Waals surface area contributed by atoms with Crippen LogP contribution in [0.15, 0.2) is 48.5 Å². The standard InChI is InChI=1S/C20H18N4O3/c1-3-26-20(25)19-13(2)14-8-4-5-9-15(14)21-17(19)12-27-24-18-11-7-6-10-16(18)22-23-24/h4-11H,3,12H2,1-2H3. The molecule has 0 aliphatic carbocycles. The number of hydrogen-bond donors (Lipinski definition) is 0. The molecule has 0 N–H and O–H groups in total. The first-order valence-corrected chi connectivity index (χ1v) is 8.68. The smallest absolute Gasteiger partial charge is 0.340 e. The summed E-state index contributed by atoms with van der Waals surface area (Å²) in [5.74, 6) is -0.407. The van der Waals surface area contributed by atoms with Gasteiger partial charge in [0.1, 0.15) is 11.0 Å². The molecular formula is C20H18N4O3. The van der Waals surface area contributed by atoms with E-state index in [9.17, 15) is 4.79 Å². The molecular weight excluding hydrogens is 344 g/mol. The molecule has 0 amide bonds. The predicted octanol–water partition coefficient (Wildman–Crippen LogP) is 3.09. The van der Waals surface area contributed by atoms with E-state index in [0.717, 1.165) is 27.5 Å². The molecule has 0 aliphatic rings. The second-order valence-electron chi connectivity index (χ2n) is 6.02. The highest BCUT2D eigenvalue weighted by atomic mass is 16.7. The highest BCUT2D eigenvalue weighted by Crippen LogP contribution is 2.24. The average Bonchev–Trinajstić information content (AvgIpc) is 3.10. The van der Waals surface area contributed by atoms with Gasteiger partial charge in [-0.15, -0.1) is 5.10 Å². The minimum absolute atomic E-state index is 0.0627. The van der Waals surface area contributed by atoms with Crippen molar-refractivity contribution < 1.29 is 14.4 Å². The summed E-state index contributed by atoms with van der Waals surface area (Å²) in [6.45, 7) is 4.02. The second-order valence-corrected chi connectivity index (χ2v) is 6.02. The van der Waals surface area contributed by atoms with Gasteiger partial charge in [0.05, 0.1) is 23.4 Å². The van der Waals surface area contributed by atoms with Crippen molar-refractivity contribution in [3.63, 3.8) is 0 Å². The number of pyridine rings is 1. The van der Waals surface area contributed by atoms with Crippen LogP contribution in [0.4, 0.5) is 0 Å². The number of ether oxygens (including phenoxy) is 1. The number of hydrogen-bond acceptors (Lipinski definition) is 6. The quantitative estimate of drug-likeness (QED) is 0.508. The van der Waals surface area contributed by atoms with E-state index in [1.54, 1.807) is 6.92 Å². The summed E-state index contributed by atoms with van der Waals surface area (Å²) in [4.78, 5) is 24.3. The van der Waals surface area contributed by atoms with Gasteiger partial charge in [-0.25, -0.2) is 9.78 Å². The zero-order valence-corrected chi connectivity index (χ0v) is 15.0. The SMILES string of the molecule is CCOC(=O)c1c(COn2nnc3ccccc32)nc2ccccc2c1C. The molecule has 27 heavy (non-hydrogen) atoms. The van der Waals surface area contributed by atoms with Crippen LogP contribution >= 0.6 is 0 Å². The molecule has 4 rings (SSSR count). The molecule has 0 saturated carbocycles. The Balaban J connectivity index is 1.75. The number of rotatable bonds is 5. The van der Waals surface area contributed by atoms with Gasteiger partial charge in [0.15, 0.2) is 6.61 Å². The summed E-state index contributed by atoms with van der Waals surface area (Å²) in [5, 5.41) is 8.98. The molecule has 2 heterocycles. The van der Waals surface area contributed by atoms with E-state index >= 15 is 0 Å². The van der Waals surface area contributed by atoms with Crippen LogP contribution in [-0.4, -0.2) is 32.7 Å². The molecule has 0 bridgehead atoms. The average molecular weight is 362 g/mol. The van der Waals surface area contributed by atoms with Gasteiger partial charge in [0, 0.05) is 5.39 Å². The molecule has 4 aromatic rings. The first-order valence-electron chi connectivity index (χ1n) is 8.68. The van der Waals surface area contributed by atoms with E-state index in [1.807, 2.05) is 55.5 Å². The van der Waals surface area contributed by atoms with Crippen LogP contribution in [0.3, 0.4) is 0 Å². The Hall–Kier alpha value is -3.48. The molecule has 0 fully saturated rings. The normalized spacial score (nSPS) is 11.0. The number of carbonyl (C=O) groups is 1. The number of aromatic nitrogens is 4. The molecule has 0 radical (unpaired) electrons. The molecule has 0 aliphatic heterocycles. The number of para-hydroxylation sites is 2. The third kappa shape index (κ3) is 3.08. The van der Waals surface area contributed by atoms with Crippen LogP contribution in [0.2, 0.25) is 0 Å². The summed E-state index contributed by atoms with van der Waals surface area (Å²) in [5.41, 5.74) is 4.02. The van der Waals surface area contributed by atoms with Crippen molar-refractivity contribution in [1.82, 2.24) is 20.1 Å². The first-order chi connectivity index (χ1) is 13.2. The van der Waals surface area contributed by atoms with E-state index in [-0.39, 0.29) is 6.61 Å². The third-order valence-corrected chi connectivity index (χ3v) is 4.35. The lowest BCUT2D eigenvalue weighted by atomic mass is 10.0. The monoisotopic (exact) mass is 362 g/mol. The van der Waals surface area contributed by atoms with Crippen molar-refractivity contribution in [1.29, 1.82) is 0 Å². The van der Waals surface area contributed by atoms with Crippen molar-refractivity contribution in [2.24, 2.45) is 0 Å². The predicted molar refractivity (Wildman–Crippen MR) is 100 cm³/mol. The molecule has 7 heteroatoms.